The molecule has 0 bridgehead atoms. The van der Waals surface area contributed by atoms with Crippen LogP contribution in [0.4, 0.5) is 0 Å². The van der Waals surface area contributed by atoms with Crippen molar-refractivity contribution in [3.63, 3.8) is 0 Å². The van der Waals surface area contributed by atoms with E-state index in [0.717, 1.165) is 0 Å². The number of hydrogen-bond donors (Lipinski definition) is 2. The van der Waals surface area contributed by atoms with E-state index in [0.29, 0.717) is 12.0 Å². The summed E-state index contributed by atoms with van der Waals surface area (Å²) in [5.74, 6) is 0.596. The molecule has 2 unspecified atom stereocenters. The largest absolute Gasteiger partial charge is 0.361 e. The van der Waals surface area contributed by atoms with Crippen LogP contribution in [0.15, 0.2) is 30.5 Å². The van der Waals surface area contributed by atoms with Crippen molar-refractivity contribution in [3.05, 3.63) is 36.0 Å². The van der Waals surface area contributed by atoms with Crippen LogP contribution in [0.1, 0.15) is 31.2 Å². The highest BCUT2D eigenvalue weighted by Crippen LogP contribution is 2.30. The molecule has 2 heterocycles. The predicted octanol–water partition coefficient (Wildman–Crippen LogP) is 3.02. The second-order valence-corrected chi connectivity index (χ2v) is 4.78. The first kappa shape index (κ1) is 9.91. The summed E-state index contributed by atoms with van der Waals surface area (Å²) in [6.45, 7) is 3.51. The molecule has 1 aromatic heterocycles. The summed E-state index contributed by atoms with van der Waals surface area (Å²) in [4.78, 5) is 3.36. The van der Waals surface area contributed by atoms with Gasteiger partial charge in [0, 0.05) is 23.1 Å². The molecule has 1 fully saturated rings. The van der Waals surface area contributed by atoms with Crippen molar-refractivity contribution in [2.45, 2.75) is 31.7 Å². The Bertz CT molecular complexity index is 480. The second-order valence-electron chi connectivity index (χ2n) is 4.78. The lowest BCUT2D eigenvalue weighted by atomic mass is 9.92. The molecule has 1 saturated heterocycles. The zero-order chi connectivity index (χ0) is 11.0. The molecule has 2 nitrogen and oxygen atoms in total. The van der Waals surface area contributed by atoms with Gasteiger partial charge in [0.25, 0.3) is 0 Å². The monoisotopic (exact) mass is 214 g/mol. The number of hydrogen-bond acceptors (Lipinski definition) is 1. The molecule has 1 aromatic carbocycles. The van der Waals surface area contributed by atoms with Crippen LogP contribution >= 0.6 is 0 Å². The van der Waals surface area contributed by atoms with Crippen molar-refractivity contribution >= 4 is 10.9 Å². The van der Waals surface area contributed by atoms with E-state index in [1.807, 2.05) is 0 Å². The lowest BCUT2D eigenvalue weighted by Gasteiger charge is -2.18. The summed E-state index contributed by atoms with van der Waals surface area (Å²) in [6.07, 6.45) is 4.80. The Balaban J connectivity index is 1.98. The third kappa shape index (κ3) is 1.54. The van der Waals surface area contributed by atoms with E-state index < -0.39 is 0 Å². The molecule has 1 aliphatic rings. The minimum atomic E-state index is 0.596. The number of aromatic amines is 1. The summed E-state index contributed by atoms with van der Waals surface area (Å²) >= 11 is 0. The molecule has 2 aromatic rings. The lowest BCUT2D eigenvalue weighted by molar-refractivity contribution is 0.520. The van der Waals surface area contributed by atoms with Crippen molar-refractivity contribution in [1.82, 2.24) is 10.3 Å². The highest BCUT2D eigenvalue weighted by molar-refractivity contribution is 5.83. The number of fused-ring (bicyclic) bond motifs is 1. The van der Waals surface area contributed by atoms with Gasteiger partial charge in [-0.25, -0.2) is 0 Å². The molecule has 2 atom stereocenters. The van der Waals surface area contributed by atoms with E-state index in [-0.39, 0.29) is 0 Å². The average molecular weight is 214 g/mol. The maximum Gasteiger partial charge on any atom is 0.0456 e. The maximum atomic E-state index is 3.60. The van der Waals surface area contributed by atoms with Gasteiger partial charge in [0.1, 0.15) is 0 Å². The van der Waals surface area contributed by atoms with Gasteiger partial charge in [0.05, 0.1) is 0 Å². The number of benzene rings is 1. The minimum Gasteiger partial charge on any atom is -0.361 e. The van der Waals surface area contributed by atoms with Crippen molar-refractivity contribution in [2.75, 3.05) is 6.54 Å². The van der Waals surface area contributed by atoms with E-state index in [9.17, 15) is 0 Å². The number of aromatic nitrogens is 1. The van der Waals surface area contributed by atoms with Gasteiger partial charge in [-0.15, -0.1) is 0 Å². The Hall–Kier alpha value is -1.28. The molecule has 0 amide bonds. The van der Waals surface area contributed by atoms with Crippen molar-refractivity contribution in [1.29, 1.82) is 0 Å². The van der Waals surface area contributed by atoms with E-state index in [4.69, 9.17) is 0 Å². The van der Waals surface area contributed by atoms with Gasteiger partial charge in [0.2, 0.25) is 0 Å². The zero-order valence-electron chi connectivity index (χ0n) is 9.66. The molecular formula is C14H18N2. The molecule has 2 heteroatoms. The topological polar surface area (TPSA) is 27.8 Å². The standard InChI is InChI=1S/C14H18N2/c1-10(13-7-4-8-15-13)12-9-16-14-6-3-2-5-11(12)14/h2-3,5-6,9-10,13,15-16H,4,7-8H2,1H3. The first-order chi connectivity index (χ1) is 7.86. The quantitative estimate of drug-likeness (QED) is 0.790. The van der Waals surface area contributed by atoms with Crippen LogP contribution in [0.3, 0.4) is 0 Å². The SMILES string of the molecule is CC(c1c[nH]c2ccccc12)C1CCCN1. The second kappa shape index (κ2) is 3.95. The predicted molar refractivity (Wildman–Crippen MR) is 67.7 cm³/mol. The summed E-state index contributed by atoms with van der Waals surface area (Å²) in [5, 5.41) is 4.97. The Morgan fingerprint density at radius 1 is 1.31 bits per heavy atom. The number of H-pyrrole nitrogens is 1. The maximum absolute atomic E-state index is 3.60. The van der Waals surface area contributed by atoms with E-state index >= 15 is 0 Å². The van der Waals surface area contributed by atoms with Crippen molar-refractivity contribution in [3.8, 4) is 0 Å². The van der Waals surface area contributed by atoms with Crippen LogP contribution in [0, 0.1) is 0 Å². The average Bonchev–Trinajstić information content (AvgIpc) is 2.98. The lowest BCUT2D eigenvalue weighted by Crippen LogP contribution is -2.27. The van der Waals surface area contributed by atoms with Gasteiger partial charge >= 0.3 is 0 Å². The van der Waals surface area contributed by atoms with Crippen LogP contribution < -0.4 is 5.32 Å². The third-order valence-corrected chi connectivity index (χ3v) is 3.81. The fourth-order valence-corrected chi connectivity index (χ4v) is 2.83. The third-order valence-electron chi connectivity index (χ3n) is 3.81. The van der Waals surface area contributed by atoms with Crippen LogP contribution in [-0.4, -0.2) is 17.6 Å². The summed E-state index contributed by atoms with van der Waals surface area (Å²) in [6, 6.07) is 9.22. The van der Waals surface area contributed by atoms with Gasteiger partial charge in [-0.2, -0.15) is 0 Å². The van der Waals surface area contributed by atoms with Crippen LogP contribution in [0.5, 0.6) is 0 Å². The van der Waals surface area contributed by atoms with Gasteiger partial charge in [-0.1, -0.05) is 25.1 Å². The summed E-state index contributed by atoms with van der Waals surface area (Å²) in [5.41, 5.74) is 2.71. The van der Waals surface area contributed by atoms with E-state index in [1.165, 1.54) is 35.9 Å². The molecule has 1 aliphatic heterocycles. The molecule has 2 N–H and O–H groups in total. The van der Waals surface area contributed by atoms with Gasteiger partial charge in [0.15, 0.2) is 0 Å². The van der Waals surface area contributed by atoms with Gasteiger partial charge in [-0.05, 0) is 36.9 Å². The van der Waals surface area contributed by atoms with Crippen LogP contribution in [-0.2, 0) is 0 Å². The normalized spacial score (nSPS) is 22.7. The Morgan fingerprint density at radius 2 is 2.19 bits per heavy atom. The molecule has 84 valence electrons. The van der Waals surface area contributed by atoms with E-state index in [2.05, 4.69) is 47.7 Å². The first-order valence-corrected chi connectivity index (χ1v) is 6.15. The van der Waals surface area contributed by atoms with E-state index in [1.54, 1.807) is 0 Å². The molecule has 3 rings (SSSR count). The Labute approximate surface area is 96.1 Å². The molecular weight excluding hydrogens is 196 g/mol. The fourth-order valence-electron chi connectivity index (χ4n) is 2.83. The summed E-state index contributed by atoms with van der Waals surface area (Å²) in [7, 11) is 0. The zero-order valence-corrected chi connectivity index (χ0v) is 9.66. The first-order valence-electron chi connectivity index (χ1n) is 6.15. The molecule has 0 aliphatic carbocycles. The minimum absolute atomic E-state index is 0.596. The van der Waals surface area contributed by atoms with Gasteiger partial charge < -0.3 is 10.3 Å². The van der Waals surface area contributed by atoms with Crippen molar-refractivity contribution in [2.24, 2.45) is 0 Å². The fraction of sp³-hybridized carbons (Fsp3) is 0.429. The molecule has 0 spiro atoms. The highest BCUT2D eigenvalue weighted by atomic mass is 14.9. The Kier molecular flexibility index (Phi) is 2.44. The number of rotatable bonds is 2. The number of nitrogens with one attached hydrogen (secondary N) is 2. The smallest absolute Gasteiger partial charge is 0.0456 e. The molecule has 0 radical (unpaired) electrons. The molecule has 16 heavy (non-hydrogen) atoms. The van der Waals surface area contributed by atoms with Crippen LogP contribution in [0.2, 0.25) is 0 Å². The highest BCUT2D eigenvalue weighted by Gasteiger charge is 2.23. The molecule has 0 saturated carbocycles. The number of para-hydroxylation sites is 1. The van der Waals surface area contributed by atoms with Crippen molar-refractivity contribution < 1.29 is 0 Å². The van der Waals surface area contributed by atoms with Gasteiger partial charge in [-0.3, -0.25) is 0 Å². The van der Waals surface area contributed by atoms with Crippen LogP contribution in [0.25, 0.3) is 10.9 Å². The Morgan fingerprint density at radius 3 is 3.00 bits per heavy atom. The summed E-state index contributed by atoms with van der Waals surface area (Å²) < 4.78 is 0.